The molecule has 2 N–H and O–H groups in total. The topological polar surface area (TPSA) is 65.2 Å². The Kier molecular flexibility index (Phi) is 14.8. The number of para-hydroxylation sites is 2. The molecule has 0 spiro atoms. The molecule has 0 aliphatic rings. The summed E-state index contributed by atoms with van der Waals surface area (Å²) in [6.07, 6.45) is 7.96. The van der Waals surface area contributed by atoms with Crippen molar-refractivity contribution < 1.29 is 27.3 Å². The van der Waals surface area contributed by atoms with E-state index in [9.17, 15) is 10.2 Å². The van der Waals surface area contributed by atoms with Gasteiger partial charge >= 0.3 is 0 Å². The molecule has 0 unspecified atom stereocenters. The zero-order chi connectivity index (χ0) is 19.0. The van der Waals surface area contributed by atoms with Crippen molar-refractivity contribution in [2.45, 2.75) is 39.5 Å². The number of hydrogen-bond donors (Lipinski definition) is 2. The molecule has 0 saturated heterocycles. The maximum Gasteiger partial charge on any atom is 0.124 e. The van der Waals surface area contributed by atoms with Gasteiger partial charge in [0.25, 0.3) is 0 Å². The minimum atomic E-state index is 0. The van der Waals surface area contributed by atoms with E-state index < -0.39 is 0 Å². The third kappa shape index (κ3) is 11.3. The van der Waals surface area contributed by atoms with Crippen molar-refractivity contribution in [3.63, 3.8) is 0 Å². The van der Waals surface area contributed by atoms with Crippen LogP contribution in [0.25, 0.3) is 0 Å². The number of hydrogen-bond acceptors (Lipinski definition) is 4. The van der Waals surface area contributed by atoms with Crippen LogP contribution >= 0.6 is 0 Å². The molecule has 2 rings (SSSR count). The van der Waals surface area contributed by atoms with E-state index >= 15 is 0 Å². The largest absolute Gasteiger partial charge is 0.507 e. The average Bonchev–Trinajstić information content (AvgIpc) is 2.66. The second-order valence-corrected chi connectivity index (χ2v) is 5.90. The molecule has 0 atom stereocenters. The molecular formula is C22H30CuN2O2. The summed E-state index contributed by atoms with van der Waals surface area (Å²) in [6.45, 7) is 5.95. The molecule has 2 aromatic rings. The van der Waals surface area contributed by atoms with Gasteiger partial charge in [0, 0.05) is 53.7 Å². The summed E-state index contributed by atoms with van der Waals surface area (Å²) >= 11 is 0. The van der Waals surface area contributed by atoms with Crippen LogP contribution < -0.4 is 0 Å². The molecule has 0 amide bonds. The maximum atomic E-state index is 9.38. The SMILES string of the molecule is CCCCN=Cc1ccccc1O.CCCCN=Cc1ccccc1O.[Cu]. The summed E-state index contributed by atoms with van der Waals surface area (Å²) in [4.78, 5) is 8.41. The van der Waals surface area contributed by atoms with Gasteiger partial charge in [-0.15, -0.1) is 0 Å². The van der Waals surface area contributed by atoms with Crippen LogP contribution in [0.15, 0.2) is 58.5 Å². The first-order valence-corrected chi connectivity index (χ1v) is 9.24. The Labute approximate surface area is 173 Å². The van der Waals surface area contributed by atoms with Gasteiger partial charge in [0.15, 0.2) is 0 Å². The van der Waals surface area contributed by atoms with Crippen molar-refractivity contribution in [1.82, 2.24) is 0 Å². The van der Waals surface area contributed by atoms with E-state index in [-0.39, 0.29) is 17.1 Å². The Bertz CT molecular complexity index is 628. The number of rotatable bonds is 8. The molecule has 0 aliphatic carbocycles. The number of benzene rings is 2. The average molecular weight is 418 g/mol. The second-order valence-electron chi connectivity index (χ2n) is 5.90. The monoisotopic (exact) mass is 417 g/mol. The Morgan fingerprint density at radius 1 is 0.704 bits per heavy atom. The number of nitrogens with zero attached hydrogens (tertiary/aromatic N) is 2. The number of phenols is 2. The normalized spacial score (nSPS) is 10.4. The number of unbranched alkanes of at least 4 members (excludes halogenated alkanes) is 2. The predicted molar refractivity (Wildman–Crippen MR) is 111 cm³/mol. The minimum Gasteiger partial charge on any atom is -0.507 e. The first-order valence-electron chi connectivity index (χ1n) is 9.24. The fraction of sp³-hybridized carbons (Fsp3) is 0.364. The van der Waals surface area contributed by atoms with Gasteiger partial charge in [-0.3, -0.25) is 9.98 Å². The smallest absolute Gasteiger partial charge is 0.124 e. The van der Waals surface area contributed by atoms with Crippen LogP contribution in [-0.2, 0) is 17.1 Å². The van der Waals surface area contributed by atoms with Crippen LogP contribution in [0, 0.1) is 0 Å². The number of aliphatic imine (C=N–C) groups is 2. The summed E-state index contributed by atoms with van der Waals surface area (Å²) in [5.74, 6) is 0.588. The van der Waals surface area contributed by atoms with Gasteiger partial charge in [-0.2, -0.15) is 0 Å². The van der Waals surface area contributed by atoms with Gasteiger partial charge in [0.1, 0.15) is 11.5 Å². The summed E-state index contributed by atoms with van der Waals surface area (Å²) in [5, 5.41) is 18.8. The zero-order valence-corrected chi connectivity index (χ0v) is 17.0. The molecule has 4 nitrogen and oxygen atoms in total. The van der Waals surface area contributed by atoms with Gasteiger partial charge in [-0.25, -0.2) is 0 Å². The van der Waals surface area contributed by atoms with Crippen molar-refractivity contribution in [2.75, 3.05) is 13.1 Å². The van der Waals surface area contributed by atoms with Crippen molar-refractivity contribution in [1.29, 1.82) is 0 Å². The quantitative estimate of drug-likeness (QED) is 0.351. The molecule has 0 aliphatic heterocycles. The summed E-state index contributed by atoms with van der Waals surface area (Å²) in [7, 11) is 0. The molecule has 0 aromatic heterocycles. The summed E-state index contributed by atoms with van der Waals surface area (Å²) in [6, 6.07) is 14.4. The van der Waals surface area contributed by atoms with E-state index in [0.29, 0.717) is 11.5 Å². The Morgan fingerprint density at radius 3 is 1.41 bits per heavy atom. The Balaban J connectivity index is 0.000000483. The Hall–Kier alpha value is -2.10. The van der Waals surface area contributed by atoms with Gasteiger partial charge < -0.3 is 10.2 Å². The van der Waals surface area contributed by atoms with E-state index in [1.54, 1.807) is 36.7 Å². The van der Waals surface area contributed by atoms with Crippen LogP contribution in [0.2, 0.25) is 0 Å². The zero-order valence-electron chi connectivity index (χ0n) is 16.1. The van der Waals surface area contributed by atoms with Crippen LogP contribution in [0.4, 0.5) is 0 Å². The van der Waals surface area contributed by atoms with Crippen LogP contribution in [0.5, 0.6) is 11.5 Å². The molecule has 27 heavy (non-hydrogen) atoms. The fourth-order valence-corrected chi connectivity index (χ4v) is 2.02. The fourth-order valence-electron chi connectivity index (χ4n) is 2.02. The molecule has 5 heteroatoms. The van der Waals surface area contributed by atoms with Crippen molar-refractivity contribution in [2.24, 2.45) is 9.98 Å². The number of phenolic OH excluding ortho intramolecular Hbond substituents is 2. The summed E-state index contributed by atoms with van der Waals surface area (Å²) < 4.78 is 0. The van der Waals surface area contributed by atoms with Gasteiger partial charge in [0.2, 0.25) is 0 Å². The first kappa shape index (κ1) is 24.9. The predicted octanol–water partition coefficient (Wildman–Crippen LogP) is 5.22. The molecule has 151 valence electrons. The van der Waals surface area contributed by atoms with Crippen molar-refractivity contribution in [3.05, 3.63) is 59.7 Å². The molecule has 0 fully saturated rings. The van der Waals surface area contributed by atoms with Gasteiger partial charge in [-0.1, -0.05) is 51.0 Å². The van der Waals surface area contributed by atoms with E-state index in [4.69, 9.17) is 0 Å². The molecule has 2 aromatic carbocycles. The first-order chi connectivity index (χ1) is 12.7. The van der Waals surface area contributed by atoms with E-state index in [0.717, 1.165) is 49.9 Å². The van der Waals surface area contributed by atoms with Crippen LogP contribution in [0.3, 0.4) is 0 Å². The van der Waals surface area contributed by atoms with E-state index in [1.165, 1.54) is 0 Å². The maximum absolute atomic E-state index is 9.38. The van der Waals surface area contributed by atoms with Crippen molar-refractivity contribution in [3.8, 4) is 11.5 Å². The molecule has 0 saturated carbocycles. The standard InChI is InChI=1S/2C11H15NO.Cu/c2*1-2-3-8-12-9-10-6-4-5-7-11(10)13;/h2*4-7,9,13H,2-3,8H2,1H3;. The van der Waals surface area contributed by atoms with E-state index in [1.807, 2.05) is 24.3 Å². The van der Waals surface area contributed by atoms with Crippen LogP contribution in [-0.4, -0.2) is 35.7 Å². The number of aromatic hydroxyl groups is 2. The Morgan fingerprint density at radius 2 is 1.07 bits per heavy atom. The molecule has 1 radical (unpaired) electrons. The molecule has 0 bridgehead atoms. The van der Waals surface area contributed by atoms with Crippen molar-refractivity contribution >= 4 is 12.4 Å². The van der Waals surface area contributed by atoms with Crippen LogP contribution in [0.1, 0.15) is 50.7 Å². The second kappa shape index (κ2) is 16.1. The van der Waals surface area contributed by atoms with Gasteiger partial charge in [0.05, 0.1) is 0 Å². The minimum absolute atomic E-state index is 0. The van der Waals surface area contributed by atoms with Gasteiger partial charge in [-0.05, 0) is 37.1 Å². The third-order valence-corrected chi connectivity index (χ3v) is 3.62. The third-order valence-electron chi connectivity index (χ3n) is 3.62. The molecular weight excluding hydrogens is 388 g/mol. The summed E-state index contributed by atoms with van der Waals surface area (Å²) in [5.41, 5.74) is 1.58. The van der Waals surface area contributed by atoms with E-state index in [2.05, 4.69) is 23.8 Å². The molecule has 0 heterocycles.